The van der Waals surface area contributed by atoms with Gasteiger partial charge in [-0.25, -0.2) is 14.5 Å². The Morgan fingerprint density at radius 3 is 1.95 bits per heavy atom. The van der Waals surface area contributed by atoms with E-state index in [1.165, 1.54) is 42.8 Å². The quantitative estimate of drug-likeness (QED) is 0.202. The molecule has 0 spiro atoms. The fraction of sp³-hybridized carbons (Fsp3) is 0.300. The minimum absolute atomic E-state index is 0.136. The van der Waals surface area contributed by atoms with Crippen molar-refractivity contribution >= 4 is 5.97 Å². The fourth-order valence-corrected chi connectivity index (χ4v) is 4.19. The summed E-state index contributed by atoms with van der Waals surface area (Å²) in [6.07, 6.45) is -7.52. The second-order valence-corrected chi connectivity index (χ2v) is 10.3. The number of alkyl halides is 6. The molecular weight excluding hydrogens is 564 g/mol. The van der Waals surface area contributed by atoms with E-state index in [2.05, 4.69) is 10.1 Å². The summed E-state index contributed by atoms with van der Waals surface area (Å²) in [6, 6.07) is 14.1. The average molecular weight is 592 g/mol. The van der Waals surface area contributed by atoms with Crippen molar-refractivity contribution in [2.24, 2.45) is 0 Å². The highest BCUT2D eigenvalue weighted by molar-refractivity contribution is 5.76. The van der Waals surface area contributed by atoms with Crippen LogP contribution in [0.15, 0.2) is 66.7 Å². The molecule has 1 aromatic heterocycles. The highest BCUT2D eigenvalue weighted by Gasteiger charge is 2.32. The van der Waals surface area contributed by atoms with Crippen molar-refractivity contribution in [3.63, 3.8) is 0 Å². The number of carboxylic acid groups (broad SMARTS) is 1. The summed E-state index contributed by atoms with van der Waals surface area (Å²) in [5, 5.41) is 13.7. The topological polar surface area (TPSA) is 77.2 Å². The summed E-state index contributed by atoms with van der Waals surface area (Å²) in [5.74, 6) is -0.102. The lowest BCUT2D eigenvalue weighted by atomic mass is 10.0. The average Bonchev–Trinajstić information content (AvgIpc) is 3.33. The third-order valence-electron chi connectivity index (χ3n) is 6.57. The van der Waals surface area contributed by atoms with Gasteiger partial charge in [-0.05, 0) is 87.2 Å². The first-order chi connectivity index (χ1) is 19.5. The zero-order valence-electron chi connectivity index (χ0n) is 22.8. The van der Waals surface area contributed by atoms with Crippen LogP contribution in [0.25, 0.3) is 17.1 Å². The summed E-state index contributed by atoms with van der Waals surface area (Å²) in [4.78, 5) is 15.9. The molecule has 42 heavy (non-hydrogen) atoms. The SMILES string of the molecule is Cc1cc(CCCc2nc(-c3ccc(C(F)(F)F)cc3)nn2-c2ccc(C(F)(F)F)cc2)ccc1OC(C)(C)C(=O)O. The van der Waals surface area contributed by atoms with Gasteiger partial charge in [0.2, 0.25) is 0 Å². The van der Waals surface area contributed by atoms with Gasteiger partial charge in [-0.3, -0.25) is 0 Å². The number of halogens is 6. The molecule has 0 fully saturated rings. The number of hydrogen-bond donors (Lipinski definition) is 1. The minimum Gasteiger partial charge on any atom is -0.478 e. The van der Waals surface area contributed by atoms with Crippen LogP contribution in [-0.4, -0.2) is 31.4 Å². The summed E-state index contributed by atoms with van der Waals surface area (Å²) in [7, 11) is 0. The van der Waals surface area contributed by atoms with Crippen LogP contribution >= 0.6 is 0 Å². The molecule has 4 rings (SSSR count). The highest BCUT2D eigenvalue weighted by Crippen LogP contribution is 2.32. The van der Waals surface area contributed by atoms with Crippen molar-refractivity contribution in [2.45, 2.75) is 58.0 Å². The standard InChI is InChI=1S/C30H27F6N3O3/c1-18-17-19(7-16-24(18)42-28(2,3)27(40)41)5-4-6-25-37-26(20-8-10-21(11-9-20)29(31,32)33)38-39(25)23-14-12-22(13-15-23)30(34,35)36/h7-17H,4-6H2,1-3H3,(H,40,41). The van der Waals surface area contributed by atoms with Crippen LogP contribution in [0, 0.1) is 6.92 Å². The number of rotatable bonds is 9. The maximum atomic E-state index is 13.1. The Hall–Kier alpha value is -4.35. The second kappa shape index (κ2) is 11.5. The van der Waals surface area contributed by atoms with Gasteiger partial charge in [0.25, 0.3) is 0 Å². The predicted molar refractivity (Wildman–Crippen MR) is 142 cm³/mol. The van der Waals surface area contributed by atoms with Crippen LogP contribution in [0.4, 0.5) is 26.3 Å². The van der Waals surface area contributed by atoms with Gasteiger partial charge < -0.3 is 9.84 Å². The van der Waals surface area contributed by atoms with E-state index in [0.29, 0.717) is 42.1 Å². The van der Waals surface area contributed by atoms with Crippen molar-refractivity contribution in [2.75, 3.05) is 0 Å². The Labute approximate surface area is 237 Å². The lowest BCUT2D eigenvalue weighted by Crippen LogP contribution is -2.38. The molecule has 0 saturated heterocycles. The molecule has 3 aromatic carbocycles. The Balaban J connectivity index is 1.57. The molecule has 222 valence electrons. The second-order valence-electron chi connectivity index (χ2n) is 10.3. The van der Waals surface area contributed by atoms with Gasteiger partial charge in [-0.2, -0.15) is 26.3 Å². The first kappa shape index (κ1) is 30.6. The van der Waals surface area contributed by atoms with E-state index < -0.39 is 35.0 Å². The van der Waals surface area contributed by atoms with Crippen LogP contribution < -0.4 is 4.74 Å². The maximum absolute atomic E-state index is 13.1. The fourth-order valence-electron chi connectivity index (χ4n) is 4.19. The van der Waals surface area contributed by atoms with E-state index in [1.54, 1.807) is 13.0 Å². The zero-order valence-corrected chi connectivity index (χ0v) is 22.8. The van der Waals surface area contributed by atoms with E-state index >= 15 is 0 Å². The number of nitrogens with zero attached hydrogens (tertiary/aromatic N) is 3. The first-order valence-electron chi connectivity index (χ1n) is 12.9. The van der Waals surface area contributed by atoms with Gasteiger partial charge in [0, 0.05) is 12.0 Å². The molecule has 6 nitrogen and oxygen atoms in total. The Bertz CT molecular complexity index is 1560. The van der Waals surface area contributed by atoms with E-state index in [9.17, 15) is 36.2 Å². The zero-order chi connectivity index (χ0) is 30.9. The summed E-state index contributed by atoms with van der Waals surface area (Å²) in [5.41, 5.74) is -0.722. The van der Waals surface area contributed by atoms with E-state index in [4.69, 9.17) is 4.74 Å². The lowest BCUT2D eigenvalue weighted by molar-refractivity contribution is -0.152. The van der Waals surface area contributed by atoms with Crippen molar-refractivity contribution in [3.8, 4) is 22.8 Å². The van der Waals surface area contributed by atoms with Crippen LogP contribution in [0.3, 0.4) is 0 Å². The molecule has 0 bridgehead atoms. The minimum atomic E-state index is -4.52. The van der Waals surface area contributed by atoms with Crippen molar-refractivity contribution in [1.29, 1.82) is 0 Å². The summed E-state index contributed by atoms with van der Waals surface area (Å²) < 4.78 is 85.3. The molecule has 0 aliphatic rings. The van der Waals surface area contributed by atoms with Crippen molar-refractivity contribution in [3.05, 3.63) is 94.8 Å². The molecule has 1 heterocycles. The number of carbonyl (C=O) groups is 1. The predicted octanol–water partition coefficient (Wildman–Crippen LogP) is 7.70. The lowest BCUT2D eigenvalue weighted by Gasteiger charge is -2.23. The maximum Gasteiger partial charge on any atom is 0.416 e. The Kier molecular flexibility index (Phi) is 8.38. The summed E-state index contributed by atoms with van der Waals surface area (Å²) >= 11 is 0. The van der Waals surface area contributed by atoms with Crippen LogP contribution in [0.5, 0.6) is 5.75 Å². The number of aliphatic carboxylic acids is 1. The van der Waals surface area contributed by atoms with Crippen LogP contribution in [-0.2, 0) is 30.0 Å². The Morgan fingerprint density at radius 1 is 0.857 bits per heavy atom. The van der Waals surface area contributed by atoms with Gasteiger partial charge in [0.1, 0.15) is 11.6 Å². The number of aromatic nitrogens is 3. The normalized spacial score (nSPS) is 12.4. The molecule has 0 saturated carbocycles. The third-order valence-corrected chi connectivity index (χ3v) is 6.57. The molecular formula is C30H27F6N3O3. The van der Waals surface area contributed by atoms with Crippen LogP contribution in [0.2, 0.25) is 0 Å². The first-order valence-corrected chi connectivity index (χ1v) is 12.9. The van der Waals surface area contributed by atoms with E-state index in [1.807, 2.05) is 12.1 Å². The molecule has 0 atom stereocenters. The smallest absolute Gasteiger partial charge is 0.416 e. The van der Waals surface area contributed by atoms with Gasteiger partial charge in [0.05, 0.1) is 16.8 Å². The van der Waals surface area contributed by atoms with Gasteiger partial charge in [-0.15, -0.1) is 5.10 Å². The molecule has 0 amide bonds. The monoisotopic (exact) mass is 591 g/mol. The molecule has 0 aliphatic carbocycles. The van der Waals surface area contributed by atoms with Crippen molar-refractivity contribution in [1.82, 2.24) is 14.8 Å². The van der Waals surface area contributed by atoms with Gasteiger partial charge >= 0.3 is 18.3 Å². The third kappa shape index (κ3) is 7.10. The number of aryl methyl sites for hydroxylation is 3. The number of benzene rings is 3. The molecule has 1 N–H and O–H groups in total. The summed E-state index contributed by atoms with van der Waals surface area (Å²) in [6.45, 7) is 4.71. The molecule has 0 unspecified atom stereocenters. The number of ether oxygens (including phenoxy) is 1. The molecule has 4 aromatic rings. The largest absolute Gasteiger partial charge is 0.478 e. The van der Waals surface area contributed by atoms with E-state index in [-0.39, 0.29) is 5.82 Å². The Morgan fingerprint density at radius 2 is 1.43 bits per heavy atom. The number of hydrogen-bond acceptors (Lipinski definition) is 4. The molecule has 12 heteroatoms. The van der Waals surface area contributed by atoms with Gasteiger partial charge in [0.15, 0.2) is 11.4 Å². The number of carboxylic acids is 1. The van der Waals surface area contributed by atoms with Crippen LogP contribution in [0.1, 0.15) is 48.3 Å². The van der Waals surface area contributed by atoms with E-state index in [0.717, 1.165) is 35.4 Å². The van der Waals surface area contributed by atoms with Gasteiger partial charge in [-0.1, -0.05) is 24.3 Å². The highest BCUT2D eigenvalue weighted by atomic mass is 19.4. The molecule has 0 aliphatic heterocycles. The van der Waals surface area contributed by atoms with Crippen molar-refractivity contribution < 1.29 is 41.0 Å². The molecule has 0 radical (unpaired) electrons.